The van der Waals surface area contributed by atoms with E-state index in [1.54, 1.807) is 0 Å². The molecule has 5 nitrogen and oxygen atoms in total. The lowest BCUT2D eigenvalue weighted by atomic mass is 10.1. The van der Waals surface area contributed by atoms with Gasteiger partial charge in [0.1, 0.15) is 12.4 Å². The second-order valence-electron chi connectivity index (χ2n) is 2.62. The van der Waals surface area contributed by atoms with Gasteiger partial charge < -0.3 is 9.47 Å². The predicted octanol–water partition coefficient (Wildman–Crippen LogP) is 0.428. The minimum Gasteiger partial charge on any atom is -0.464 e. The minimum absolute atomic E-state index is 0.00731. The van der Waals surface area contributed by atoms with Crippen LogP contribution in [0.1, 0.15) is 6.42 Å². The molecule has 5 heteroatoms. The first-order valence-corrected chi connectivity index (χ1v) is 4.08. The number of hydrogen-bond donors (Lipinski definition) is 0. The highest BCUT2D eigenvalue weighted by atomic mass is 16.7. The molecule has 0 aromatic heterocycles. The third kappa shape index (κ3) is 2.18. The van der Waals surface area contributed by atoms with Crippen LogP contribution in [0.15, 0.2) is 16.3 Å². The predicted molar refractivity (Wildman–Crippen MR) is 48.6 cm³/mol. The summed E-state index contributed by atoms with van der Waals surface area (Å²) in [6, 6.07) is 1.88. The van der Waals surface area contributed by atoms with E-state index in [2.05, 4.69) is 4.99 Å². The summed E-state index contributed by atoms with van der Waals surface area (Å²) in [7, 11) is 1.47. The quantitative estimate of drug-likeness (QED) is 0.480. The van der Waals surface area contributed by atoms with Gasteiger partial charge in [0, 0.05) is 19.2 Å². The molecule has 1 rings (SSSR count). The zero-order valence-corrected chi connectivity index (χ0v) is 7.82. The summed E-state index contributed by atoms with van der Waals surface area (Å²) in [5.41, 5.74) is 0.629. The maximum absolute atomic E-state index is 10.7. The van der Waals surface area contributed by atoms with Crippen molar-refractivity contribution in [3.05, 3.63) is 11.3 Å². The Bertz CT molecular complexity index is 325. The van der Waals surface area contributed by atoms with Crippen LogP contribution < -0.4 is 0 Å². The lowest BCUT2D eigenvalue weighted by Gasteiger charge is -2.14. The summed E-state index contributed by atoms with van der Waals surface area (Å²) in [5.74, 6) is 0.246. The first-order valence-electron chi connectivity index (χ1n) is 4.08. The topological polar surface area (TPSA) is 71.7 Å². The summed E-state index contributed by atoms with van der Waals surface area (Å²) < 4.78 is 9.81. The largest absolute Gasteiger partial charge is 0.464 e. The fourth-order valence-corrected chi connectivity index (χ4v) is 1.10. The van der Waals surface area contributed by atoms with E-state index in [1.807, 2.05) is 6.07 Å². The van der Waals surface area contributed by atoms with E-state index < -0.39 is 0 Å². The molecule has 0 amide bonds. The summed E-state index contributed by atoms with van der Waals surface area (Å²) in [6.07, 6.45) is 1.20. The van der Waals surface area contributed by atoms with E-state index in [-0.39, 0.29) is 18.3 Å². The van der Waals surface area contributed by atoms with Crippen LogP contribution in [0.3, 0.4) is 0 Å². The maximum Gasteiger partial charge on any atom is 0.188 e. The molecule has 1 aliphatic heterocycles. The Kier molecular flexibility index (Phi) is 3.83. The van der Waals surface area contributed by atoms with E-state index in [0.717, 1.165) is 0 Å². The van der Waals surface area contributed by atoms with Crippen molar-refractivity contribution in [1.82, 2.24) is 0 Å². The number of ether oxygens (including phenoxy) is 2. The molecule has 0 bridgehead atoms. The number of allylic oxidation sites excluding steroid dienone is 1. The van der Waals surface area contributed by atoms with Crippen LogP contribution in [0.2, 0.25) is 0 Å². The van der Waals surface area contributed by atoms with Crippen molar-refractivity contribution in [2.75, 3.05) is 20.4 Å². The normalized spacial score (nSPS) is 15.9. The molecule has 0 aliphatic carbocycles. The first-order chi connectivity index (χ1) is 6.83. The molecule has 0 N–H and O–H groups in total. The van der Waals surface area contributed by atoms with Crippen LogP contribution in [-0.2, 0) is 14.3 Å². The number of hydrogen-bond acceptors (Lipinski definition) is 5. The van der Waals surface area contributed by atoms with Crippen molar-refractivity contribution in [1.29, 1.82) is 5.26 Å². The van der Waals surface area contributed by atoms with E-state index in [0.29, 0.717) is 24.8 Å². The van der Waals surface area contributed by atoms with Crippen molar-refractivity contribution in [2.24, 2.45) is 4.99 Å². The van der Waals surface area contributed by atoms with Crippen LogP contribution in [0.4, 0.5) is 0 Å². The Morgan fingerprint density at radius 1 is 1.71 bits per heavy atom. The number of carbonyl (C=O) groups is 1. The second kappa shape index (κ2) is 5.14. The van der Waals surface area contributed by atoms with Crippen molar-refractivity contribution in [2.45, 2.75) is 6.42 Å². The highest BCUT2D eigenvalue weighted by Gasteiger charge is 2.18. The number of carbonyl (C=O) groups excluding carboxylic acids is 1. The van der Waals surface area contributed by atoms with Gasteiger partial charge in [0.15, 0.2) is 18.3 Å². The summed E-state index contributed by atoms with van der Waals surface area (Å²) in [4.78, 5) is 14.6. The molecular formula is C9H10N2O3. The summed E-state index contributed by atoms with van der Waals surface area (Å²) in [5, 5.41) is 8.72. The molecule has 0 saturated carbocycles. The zero-order chi connectivity index (χ0) is 10.4. The molecule has 0 aromatic rings. The van der Waals surface area contributed by atoms with Gasteiger partial charge >= 0.3 is 0 Å². The fraction of sp³-hybridized carbons (Fsp3) is 0.444. The van der Waals surface area contributed by atoms with E-state index in [9.17, 15) is 4.79 Å². The molecule has 1 heterocycles. The average molecular weight is 194 g/mol. The molecule has 1 aliphatic rings. The Labute approximate surface area is 81.6 Å². The summed E-state index contributed by atoms with van der Waals surface area (Å²) >= 11 is 0. The van der Waals surface area contributed by atoms with Crippen molar-refractivity contribution >= 4 is 12.0 Å². The Morgan fingerprint density at radius 2 is 2.50 bits per heavy atom. The molecular weight excluding hydrogens is 184 g/mol. The van der Waals surface area contributed by atoms with E-state index >= 15 is 0 Å². The molecule has 0 fully saturated rings. The van der Waals surface area contributed by atoms with Crippen LogP contribution in [-0.4, -0.2) is 32.4 Å². The van der Waals surface area contributed by atoms with Crippen LogP contribution >= 0.6 is 0 Å². The Morgan fingerprint density at radius 3 is 3.07 bits per heavy atom. The Hall–Kier alpha value is -1.67. The van der Waals surface area contributed by atoms with E-state index in [1.165, 1.54) is 7.11 Å². The number of dihydropyridines is 1. The first kappa shape index (κ1) is 10.4. The van der Waals surface area contributed by atoms with Gasteiger partial charge in [-0.2, -0.15) is 5.26 Å². The van der Waals surface area contributed by atoms with E-state index in [4.69, 9.17) is 14.7 Å². The van der Waals surface area contributed by atoms with Crippen LogP contribution in [0.25, 0.3) is 0 Å². The molecule has 0 unspecified atom stereocenters. The Balaban J connectivity index is 2.89. The number of nitriles is 1. The van der Waals surface area contributed by atoms with Crippen molar-refractivity contribution in [3.63, 3.8) is 0 Å². The second-order valence-corrected chi connectivity index (χ2v) is 2.62. The fourth-order valence-electron chi connectivity index (χ4n) is 1.10. The molecule has 14 heavy (non-hydrogen) atoms. The lowest BCUT2D eigenvalue weighted by molar-refractivity contribution is -0.105. The highest BCUT2D eigenvalue weighted by molar-refractivity contribution is 6.13. The third-order valence-electron chi connectivity index (χ3n) is 1.73. The number of methoxy groups -OCH3 is 1. The molecule has 74 valence electrons. The number of rotatable bonds is 4. The van der Waals surface area contributed by atoms with Gasteiger partial charge in [0.25, 0.3) is 0 Å². The lowest BCUT2D eigenvalue weighted by Crippen LogP contribution is -2.15. The molecule has 0 spiro atoms. The van der Waals surface area contributed by atoms with Crippen LogP contribution in [0.5, 0.6) is 0 Å². The van der Waals surface area contributed by atoms with Crippen molar-refractivity contribution in [3.8, 4) is 6.07 Å². The van der Waals surface area contributed by atoms with Crippen molar-refractivity contribution < 1.29 is 14.3 Å². The standard InChI is InChI=1S/C9H10N2O3/c1-13-6-14-9-7(5-12)2-3-11-8(9)4-10/h5H,2-3,6H2,1H3. The van der Waals surface area contributed by atoms with Gasteiger partial charge in [0.05, 0.1) is 0 Å². The monoisotopic (exact) mass is 194 g/mol. The number of aliphatic imine (C=N–C) groups is 1. The van der Waals surface area contributed by atoms with Gasteiger partial charge in [0.2, 0.25) is 0 Å². The number of nitrogens with zero attached hydrogens (tertiary/aromatic N) is 2. The van der Waals surface area contributed by atoms with Gasteiger partial charge in [-0.1, -0.05) is 0 Å². The minimum atomic E-state index is 0.00731. The van der Waals surface area contributed by atoms with Gasteiger partial charge in [-0.25, -0.2) is 0 Å². The smallest absolute Gasteiger partial charge is 0.188 e. The van der Waals surface area contributed by atoms with Crippen LogP contribution in [0, 0.1) is 11.3 Å². The SMILES string of the molecule is COCOC1=C(C=O)CCN=C1C#N. The van der Waals surface area contributed by atoms with Gasteiger partial charge in [-0.15, -0.1) is 0 Å². The summed E-state index contributed by atoms with van der Waals surface area (Å²) in [6.45, 7) is 0.462. The molecule has 0 atom stereocenters. The molecule has 0 aromatic carbocycles. The number of aldehydes is 1. The molecule has 0 radical (unpaired) electrons. The zero-order valence-electron chi connectivity index (χ0n) is 7.82. The average Bonchev–Trinajstić information content (AvgIpc) is 2.25. The van der Waals surface area contributed by atoms with Gasteiger partial charge in [-0.3, -0.25) is 9.79 Å². The molecule has 0 saturated heterocycles. The highest BCUT2D eigenvalue weighted by Crippen LogP contribution is 2.15. The maximum atomic E-state index is 10.7. The third-order valence-corrected chi connectivity index (χ3v) is 1.73. The van der Waals surface area contributed by atoms with Gasteiger partial charge in [-0.05, 0) is 6.42 Å².